The molecular weight excluding hydrogens is 356 g/mol. The first-order chi connectivity index (χ1) is 11.3. The summed E-state index contributed by atoms with van der Waals surface area (Å²) in [6, 6.07) is 8.05. The van der Waals surface area contributed by atoms with Crippen molar-refractivity contribution in [3.8, 4) is 0 Å². The molecule has 0 amide bonds. The topological polar surface area (TPSA) is 49.6 Å². The third kappa shape index (κ3) is 3.20. The minimum Gasteiger partial charge on any atom is -0.354 e. The van der Waals surface area contributed by atoms with Crippen LogP contribution in [0.1, 0.15) is 5.69 Å². The van der Waals surface area contributed by atoms with Crippen LogP contribution >= 0.6 is 15.9 Å². The third-order valence-electron chi connectivity index (χ3n) is 4.12. The van der Waals surface area contributed by atoms with Crippen LogP contribution in [0.3, 0.4) is 0 Å². The van der Waals surface area contributed by atoms with Crippen LogP contribution in [0.4, 0.5) is 5.82 Å². The van der Waals surface area contributed by atoms with E-state index in [9.17, 15) is 0 Å². The number of anilines is 1. The highest BCUT2D eigenvalue weighted by Crippen LogP contribution is 2.17. The second kappa shape index (κ2) is 6.25. The first-order valence-corrected chi connectivity index (χ1v) is 8.45. The van der Waals surface area contributed by atoms with Gasteiger partial charge in [0.15, 0.2) is 0 Å². The van der Waals surface area contributed by atoms with E-state index in [0.717, 1.165) is 54.5 Å². The largest absolute Gasteiger partial charge is 0.354 e. The number of halogens is 1. The monoisotopic (exact) mass is 372 g/mol. The summed E-state index contributed by atoms with van der Waals surface area (Å²) in [5, 5.41) is 0. The maximum Gasteiger partial charge on any atom is 0.137 e. The van der Waals surface area contributed by atoms with Crippen LogP contribution < -0.4 is 4.90 Å². The molecule has 4 rings (SSSR count). The molecule has 1 aliphatic heterocycles. The van der Waals surface area contributed by atoms with Crippen molar-refractivity contribution in [1.29, 1.82) is 0 Å². The Morgan fingerprint density at radius 2 is 1.96 bits per heavy atom. The van der Waals surface area contributed by atoms with Crippen LogP contribution in [0.25, 0.3) is 5.65 Å². The third-order valence-corrected chi connectivity index (χ3v) is 4.55. The fourth-order valence-electron chi connectivity index (χ4n) is 2.92. The number of imidazole rings is 1. The molecule has 0 aromatic carbocycles. The first-order valence-electron chi connectivity index (χ1n) is 7.65. The lowest BCUT2D eigenvalue weighted by Gasteiger charge is -2.34. The van der Waals surface area contributed by atoms with Gasteiger partial charge < -0.3 is 9.30 Å². The van der Waals surface area contributed by atoms with Crippen molar-refractivity contribution >= 4 is 27.4 Å². The van der Waals surface area contributed by atoms with Gasteiger partial charge >= 0.3 is 0 Å². The van der Waals surface area contributed by atoms with Gasteiger partial charge in [0.2, 0.25) is 0 Å². The Kier molecular flexibility index (Phi) is 3.97. The normalized spacial score (nSPS) is 16.1. The lowest BCUT2D eigenvalue weighted by Crippen LogP contribution is -2.46. The number of piperazine rings is 1. The van der Waals surface area contributed by atoms with E-state index in [-0.39, 0.29) is 0 Å². The van der Waals surface area contributed by atoms with Crippen molar-refractivity contribution in [2.75, 3.05) is 31.1 Å². The summed E-state index contributed by atoms with van der Waals surface area (Å²) in [4.78, 5) is 17.8. The Labute approximate surface area is 142 Å². The highest BCUT2D eigenvalue weighted by Gasteiger charge is 2.19. The molecule has 6 nitrogen and oxygen atoms in total. The fourth-order valence-corrected chi connectivity index (χ4v) is 3.22. The summed E-state index contributed by atoms with van der Waals surface area (Å²) in [5.41, 5.74) is 2.13. The zero-order valence-electron chi connectivity index (χ0n) is 12.6. The maximum atomic E-state index is 4.68. The zero-order valence-corrected chi connectivity index (χ0v) is 14.2. The number of aromatic nitrogens is 4. The summed E-state index contributed by atoms with van der Waals surface area (Å²) in [7, 11) is 0. The van der Waals surface area contributed by atoms with E-state index in [1.165, 1.54) is 0 Å². The van der Waals surface area contributed by atoms with E-state index < -0.39 is 0 Å². The Hall–Kier alpha value is -1.99. The van der Waals surface area contributed by atoms with Gasteiger partial charge in [-0.2, -0.15) is 0 Å². The van der Waals surface area contributed by atoms with Crippen molar-refractivity contribution in [3.05, 3.63) is 53.3 Å². The standard InChI is InChI=1S/C16H17BrN6/c17-14-9-16(19-12-18-14)22-7-5-21(6-8-22)10-13-11-23-4-2-1-3-15(23)20-13/h1-4,9,11-12H,5-8,10H2. The number of hydrogen-bond donors (Lipinski definition) is 0. The molecule has 1 aliphatic rings. The predicted octanol–water partition coefficient (Wildman–Crippen LogP) is 2.21. The Morgan fingerprint density at radius 3 is 2.74 bits per heavy atom. The first kappa shape index (κ1) is 14.6. The molecule has 118 valence electrons. The van der Waals surface area contributed by atoms with Gasteiger partial charge in [0.05, 0.1) is 5.69 Å². The molecule has 0 radical (unpaired) electrons. The molecule has 0 atom stereocenters. The summed E-state index contributed by atoms with van der Waals surface area (Å²) < 4.78 is 2.90. The molecule has 0 bridgehead atoms. The molecule has 1 fully saturated rings. The van der Waals surface area contributed by atoms with E-state index in [1.54, 1.807) is 6.33 Å². The summed E-state index contributed by atoms with van der Waals surface area (Å²) in [6.07, 6.45) is 5.75. The quantitative estimate of drug-likeness (QED) is 0.659. The van der Waals surface area contributed by atoms with Crippen molar-refractivity contribution in [2.24, 2.45) is 0 Å². The van der Waals surface area contributed by atoms with Gasteiger partial charge in [0, 0.05) is 51.2 Å². The molecule has 1 saturated heterocycles. The molecule has 7 heteroatoms. The van der Waals surface area contributed by atoms with Crippen LogP contribution in [0.15, 0.2) is 47.6 Å². The van der Waals surface area contributed by atoms with Gasteiger partial charge in [0.25, 0.3) is 0 Å². The van der Waals surface area contributed by atoms with E-state index >= 15 is 0 Å². The molecular formula is C16H17BrN6. The van der Waals surface area contributed by atoms with Gasteiger partial charge in [-0.15, -0.1) is 0 Å². The summed E-state index contributed by atoms with van der Waals surface area (Å²) in [6.45, 7) is 4.85. The van der Waals surface area contributed by atoms with Gasteiger partial charge in [-0.1, -0.05) is 6.07 Å². The summed E-state index contributed by atoms with van der Waals surface area (Å²) >= 11 is 3.40. The van der Waals surface area contributed by atoms with Gasteiger partial charge in [-0.05, 0) is 28.1 Å². The number of fused-ring (bicyclic) bond motifs is 1. The minimum absolute atomic E-state index is 0.828. The molecule has 0 unspecified atom stereocenters. The van der Waals surface area contributed by atoms with E-state index in [4.69, 9.17) is 0 Å². The highest BCUT2D eigenvalue weighted by molar-refractivity contribution is 9.10. The molecule has 0 spiro atoms. The lowest BCUT2D eigenvalue weighted by atomic mass is 10.3. The van der Waals surface area contributed by atoms with Crippen LogP contribution in [0, 0.1) is 0 Å². The van der Waals surface area contributed by atoms with Crippen LogP contribution in [0.5, 0.6) is 0 Å². The van der Waals surface area contributed by atoms with Crippen molar-refractivity contribution < 1.29 is 0 Å². The molecule has 3 aromatic heterocycles. The molecule has 0 aliphatic carbocycles. The Morgan fingerprint density at radius 1 is 1.09 bits per heavy atom. The number of nitrogens with zero attached hydrogens (tertiary/aromatic N) is 6. The van der Waals surface area contributed by atoms with Crippen molar-refractivity contribution in [1.82, 2.24) is 24.3 Å². The average Bonchev–Trinajstić information content (AvgIpc) is 2.98. The van der Waals surface area contributed by atoms with Gasteiger partial charge in [-0.3, -0.25) is 4.90 Å². The van der Waals surface area contributed by atoms with Crippen LogP contribution in [0.2, 0.25) is 0 Å². The van der Waals surface area contributed by atoms with Gasteiger partial charge in [0.1, 0.15) is 22.4 Å². The van der Waals surface area contributed by atoms with Crippen LogP contribution in [-0.4, -0.2) is 50.4 Å². The lowest BCUT2D eigenvalue weighted by molar-refractivity contribution is 0.247. The number of hydrogen-bond acceptors (Lipinski definition) is 5. The Bertz CT molecular complexity index is 776. The molecule has 23 heavy (non-hydrogen) atoms. The second-order valence-electron chi connectivity index (χ2n) is 5.66. The molecule has 0 N–H and O–H groups in total. The smallest absolute Gasteiger partial charge is 0.137 e. The number of pyridine rings is 1. The Balaban J connectivity index is 1.39. The van der Waals surface area contributed by atoms with Gasteiger partial charge in [-0.25, -0.2) is 15.0 Å². The van der Waals surface area contributed by atoms with E-state index in [2.05, 4.69) is 51.3 Å². The SMILES string of the molecule is Brc1cc(N2CCN(Cc3cn4ccccc4n3)CC2)ncn1. The number of rotatable bonds is 3. The minimum atomic E-state index is 0.828. The zero-order chi connectivity index (χ0) is 15.6. The predicted molar refractivity (Wildman–Crippen MR) is 92.4 cm³/mol. The summed E-state index contributed by atoms with van der Waals surface area (Å²) in [5.74, 6) is 0.985. The second-order valence-corrected chi connectivity index (χ2v) is 6.47. The molecule has 3 aromatic rings. The fraction of sp³-hybridized carbons (Fsp3) is 0.312. The van der Waals surface area contributed by atoms with E-state index in [0.29, 0.717) is 0 Å². The van der Waals surface area contributed by atoms with Crippen molar-refractivity contribution in [3.63, 3.8) is 0 Å². The maximum absolute atomic E-state index is 4.68. The average molecular weight is 373 g/mol. The molecule has 0 saturated carbocycles. The van der Waals surface area contributed by atoms with Crippen LogP contribution in [-0.2, 0) is 6.54 Å². The molecule has 4 heterocycles. The van der Waals surface area contributed by atoms with E-state index in [1.807, 2.05) is 30.5 Å². The highest BCUT2D eigenvalue weighted by atomic mass is 79.9. The van der Waals surface area contributed by atoms with Crippen molar-refractivity contribution in [2.45, 2.75) is 6.54 Å².